The minimum absolute atomic E-state index is 0.141. The van der Waals surface area contributed by atoms with E-state index >= 15 is 0 Å². The van der Waals surface area contributed by atoms with Crippen LogP contribution in [0.4, 0.5) is 4.39 Å². The molecule has 1 aromatic carbocycles. The van der Waals surface area contributed by atoms with E-state index in [1.54, 1.807) is 6.20 Å². The topological polar surface area (TPSA) is 102 Å². The number of aromatic nitrogens is 3. The molecule has 11 heteroatoms. The fraction of sp³-hybridized carbons (Fsp3) is 0.176. The Bertz CT molecular complexity index is 1070. The Morgan fingerprint density at radius 1 is 1.21 bits per heavy atom. The number of nitrogens with one attached hydrogen (secondary N) is 1. The maximum Gasteiger partial charge on any atom is 0.240 e. The fourth-order valence-electron chi connectivity index (χ4n) is 2.21. The van der Waals surface area contributed by atoms with Crippen LogP contribution in [0.15, 0.2) is 47.1 Å². The molecule has 0 fully saturated rings. The summed E-state index contributed by atoms with van der Waals surface area (Å²) in [6.45, 7) is -0.141. The predicted octanol–water partition coefficient (Wildman–Crippen LogP) is 3.02. The van der Waals surface area contributed by atoms with Crippen LogP contribution in [0.25, 0.3) is 0 Å². The van der Waals surface area contributed by atoms with Crippen LogP contribution in [0.2, 0.25) is 5.02 Å². The van der Waals surface area contributed by atoms with E-state index in [2.05, 4.69) is 19.7 Å². The number of nitrogens with zero attached hydrogens (tertiary/aromatic N) is 3. The molecular weight excluding hydrogens is 427 g/mol. The van der Waals surface area contributed by atoms with Crippen molar-refractivity contribution in [1.82, 2.24) is 19.7 Å². The van der Waals surface area contributed by atoms with Crippen molar-refractivity contribution in [2.75, 3.05) is 0 Å². The highest BCUT2D eigenvalue weighted by molar-refractivity contribution is 7.89. The van der Waals surface area contributed by atoms with Crippen LogP contribution in [-0.4, -0.2) is 29.2 Å². The molecule has 0 amide bonds. The molecule has 0 aliphatic heterocycles. The molecule has 2 aromatic heterocycles. The summed E-state index contributed by atoms with van der Waals surface area (Å²) < 4.78 is 40.0. The Hall–Kier alpha value is -2.27. The molecule has 3 aromatic rings. The number of hydrogen-bond donors (Lipinski definition) is 1. The molecule has 3 rings (SSSR count). The van der Waals surface area contributed by atoms with Crippen LogP contribution in [0.1, 0.15) is 27.6 Å². The van der Waals surface area contributed by atoms with E-state index < -0.39 is 15.8 Å². The first-order valence-corrected chi connectivity index (χ1v) is 10.8. The Kier molecular flexibility index (Phi) is 6.45. The van der Waals surface area contributed by atoms with Crippen LogP contribution in [0.5, 0.6) is 0 Å². The summed E-state index contributed by atoms with van der Waals surface area (Å²) in [4.78, 5) is 24.2. The number of carbonyl (C=O) groups is 1. The number of ketones is 1. The second-order valence-electron chi connectivity index (χ2n) is 5.64. The van der Waals surface area contributed by atoms with Gasteiger partial charge in [0, 0.05) is 24.4 Å². The average Bonchev–Trinajstić information content (AvgIpc) is 3.20. The zero-order valence-electron chi connectivity index (χ0n) is 14.3. The zero-order chi connectivity index (χ0) is 20.1. The first kappa shape index (κ1) is 20.5. The van der Waals surface area contributed by atoms with Crippen molar-refractivity contribution in [3.63, 3.8) is 0 Å². The van der Waals surface area contributed by atoms with E-state index in [4.69, 9.17) is 11.6 Å². The molecule has 2 heterocycles. The van der Waals surface area contributed by atoms with E-state index in [1.165, 1.54) is 23.7 Å². The van der Waals surface area contributed by atoms with Gasteiger partial charge in [-0.05, 0) is 18.2 Å². The van der Waals surface area contributed by atoms with E-state index in [0.717, 1.165) is 23.2 Å². The normalized spacial score (nSPS) is 11.5. The Morgan fingerprint density at radius 3 is 2.68 bits per heavy atom. The molecular formula is C17H14ClFN4O3S2. The lowest BCUT2D eigenvalue weighted by Gasteiger charge is -2.07. The van der Waals surface area contributed by atoms with Gasteiger partial charge in [-0.1, -0.05) is 11.6 Å². The number of Topliss-reactive ketones (excluding diaryl/α,β-unsaturated/α-hetero) is 1. The number of rotatable bonds is 8. The molecule has 28 heavy (non-hydrogen) atoms. The smallest absolute Gasteiger partial charge is 0.240 e. The molecule has 7 nitrogen and oxygen atoms in total. The molecule has 146 valence electrons. The minimum Gasteiger partial charge on any atom is -0.292 e. The van der Waals surface area contributed by atoms with E-state index in [-0.39, 0.29) is 34.4 Å². The van der Waals surface area contributed by atoms with Crippen molar-refractivity contribution in [3.05, 3.63) is 69.4 Å². The second kappa shape index (κ2) is 8.82. The third-order valence-corrected chi connectivity index (χ3v) is 6.21. The molecule has 0 unspecified atom stereocenters. The van der Waals surface area contributed by atoms with Crippen molar-refractivity contribution < 1.29 is 17.6 Å². The number of hydrogen-bond acceptors (Lipinski definition) is 7. The van der Waals surface area contributed by atoms with Crippen LogP contribution >= 0.6 is 22.9 Å². The van der Waals surface area contributed by atoms with Gasteiger partial charge in [0.25, 0.3) is 0 Å². The van der Waals surface area contributed by atoms with Gasteiger partial charge in [0.05, 0.1) is 39.6 Å². The van der Waals surface area contributed by atoms with E-state index in [1.807, 2.05) is 5.38 Å². The Morgan fingerprint density at radius 2 is 2.04 bits per heavy atom. The van der Waals surface area contributed by atoms with Crippen molar-refractivity contribution >= 4 is 38.7 Å². The molecule has 0 saturated carbocycles. The van der Waals surface area contributed by atoms with Gasteiger partial charge < -0.3 is 0 Å². The average molecular weight is 441 g/mol. The summed E-state index contributed by atoms with van der Waals surface area (Å²) in [7, 11) is -3.90. The van der Waals surface area contributed by atoms with Gasteiger partial charge >= 0.3 is 0 Å². The summed E-state index contributed by atoms with van der Waals surface area (Å²) in [6.07, 6.45) is 5.11. The van der Waals surface area contributed by atoms with E-state index in [9.17, 15) is 17.6 Å². The Labute approximate surface area is 169 Å². The molecule has 1 N–H and O–H groups in total. The minimum atomic E-state index is -3.90. The molecule has 0 spiro atoms. The van der Waals surface area contributed by atoms with Gasteiger partial charge in [-0.15, -0.1) is 11.3 Å². The molecule has 0 atom stereocenters. The van der Waals surface area contributed by atoms with Crippen molar-refractivity contribution in [2.45, 2.75) is 24.3 Å². The van der Waals surface area contributed by atoms with Crippen LogP contribution < -0.4 is 4.72 Å². The number of benzene rings is 1. The third-order valence-electron chi connectivity index (χ3n) is 3.69. The highest BCUT2D eigenvalue weighted by atomic mass is 35.5. The summed E-state index contributed by atoms with van der Waals surface area (Å²) in [5.74, 6) is -0.877. The predicted molar refractivity (Wildman–Crippen MR) is 102 cm³/mol. The Balaban J connectivity index is 1.59. The number of sulfonamides is 1. The highest BCUT2D eigenvalue weighted by Gasteiger charge is 2.16. The van der Waals surface area contributed by atoms with Crippen LogP contribution in [0.3, 0.4) is 0 Å². The largest absolute Gasteiger partial charge is 0.292 e. The highest BCUT2D eigenvalue weighted by Crippen LogP contribution is 2.19. The van der Waals surface area contributed by atoms with Crippen LogP contribution in [-0.2, 0) is 23.0 Å². The number of aryl methyl sites for hydroxylation is 1. The molecule has 0 radical (unpaired) electrons. The van der Waals surface area contributed by atoms with Crippen molar-refractivity contribution in [2.24, 2.45) is 0 Å². The van der Waals surface area contributed by atoms with Crippen LogP contribution in [0, 0.1) is 5.82 Å². The molecule has 0 bridgehead atoms. The standard InChI is InChI=1S/C17H14ClFN4O3S2/c18-13-7-12(1-2-14(13)19)28(25,26)23-9-11-8-22-15(10-21-11)16(24)3-4-17-20-5-6-27-17/h1-2,5-8,10,23H,3-4,9H2. The summed E-state index contributed by atoms with van der Waals surface area (Å²) in [5, 5.41) is 2.42. The monoisotopic (exact) mass is 440 g/mol. The molecule has 0 aliphatic carbocycles. The quantitative estimate of drug-likeness (QED) is 0.540. The van der Waals surface area contributed by atoms with Gasteiger partial charge in [0.15, 0.2) is 5.78 Å². The number of halogens is 2. The molecule has 0 saturated heterocycles. The third kappa shape index (κ3) is 5.16. The first-order chi connectivity index (χ1) is 13.3. The maximum absolute atomic E-state index is 13.2. The summed E-state index contributed by atoms with van der Waals surface area (Å²) >= 11 is 7.10. The SMILES string of the molecule is O=C(CCc1nccs1)c1cnc(CNS(=O)(=O)c2ccc(F)c(Cl)c2)cn1. The fourth-order valence-corrected chi connectivity index (χ4v) is 4.10. The summed E-state index contributed by atoms with van der Waals surface area (Å²) in [6, 6.07) is 3.11. The summed E-state index contributed by atoms with van der Waals surface area (Å²) in [5.41, 5.74) is 0.529. The maximum atomic E-state index is 13.2. The number of thiazole rings is 1. The van der Waals surface area contributed by atoms with Crippen molar-refractivity contribution in [3.8, 4) is 0 Å². The lowest BCUT2D eigenvalue weighted by atomic mass is 10.2. The van der Waals surface area contributed by atoms with Gasteiger partial charge in [-0.2, -0.15) is 0 Å². The van der Waals surface area contributed by atoms with Gasteiger partial charge in [0.2, 0.25) is 10.0 Å². The van der Waals surface area contributed by atoms with Gasteiger partial charge in [0.1, 0.15) is 11.5 Å². The van der Waals surface area contributed by atoms with Crippen molar-refractivity contribution in [1.29, 1.82) is 0 Å². The number of carbonyl (C=O) groups excluding carboxylic acids is 1. The lowest BCUT2D eigenvalue weighted by Crippen LogP contribution is -2.24. The van der Waals surface area contributed by atoms with E-state index in [0.29, 0.717) is 12.1 Å². The van der Waals surface area contributed by atoms with Gasteiger partial charge in [-0.25, -0.2) is 27.5 Å². The first-order valence-electron chi connectivity index (χ1n) is 8.02. The van der Waals surface area contributed by atoms with Gasteiger partial charge in [-0.3, -0.25) is 9.78 Å². The zero-order valence-corrected chi connectivity index (χ0v) is 16.7. The molecule has 0 aliphatic rings. The lowest BCUT2D eigenvalue weighted by molar-refractivity contribution is 0.0977. The second-order valence-corrected chi connectivity index (χ2v) is 8.80.